The van der Waals surface area contributed by atoms with Gasteiger partial charge in [-0.1, -0.05) is 39.8 Å². The third-order valence-electron chi connectivity index (χ3n) is 1.53. The van der Waals surface area contributed by atoms with Gasteiger partial charge < -0.3 is 0 Å². The number of hydrogen-bond acceptors (Lipinski definition) is 1. The van der Waals surface area contributed by atoms with E-state index in [4.69, 9.17) is 0 Å². The van der Waals surface area contributed by atoms with E-state index in [1.165, 1.54) is 0 Å². The summed E-state index contributed by atoms with van der Waals surface area (Å²) in [5.74, 6) is -2.33. The normalized spacial score (nSPS) is 10.8. The molecular formula is C9H9BrF2S. The molecule has 1 rings (SSSR count). The Kier molecular flexibility index (Phi) is 4.73. The molecule has 0 spiro atoms. The van der Waals surface area contributed by atoms with E-state index < -0.39 is 5.76 Å². The van der Waals surface area contributed by atoms with E-state index >= 15 is 0 Å². The van der Waals surface area contributed by atoms with Crippen LogP contribution in [-0.2, 0) is 6.42 Å². The molecule has 0 heterocycles. The zero-order valence-corrected chi connectivity index (χ0v) is 9.25. The minimum Gasteiger partial charge on any atom is -0.198 e. The number of rotatable bonds is 4. The van der Waals surface area contributed by atoms with Gasteiger partial charge in [0, 0.05) is 10.2 Å². The predicted molar refractivity (Wildman–Crippen MR) is 55.8 cm³/mol. The number of benzene rings is 1. The Morgan fingerprint density at radius 3 is 2.31 bits per heavy atom. The Morgan fingerprint density at radius 2 is 1.85 bits per heavy atom. The van der Waals surface area contributed by atoms with Gasteiger partial charge in [-0.25, -0.2) is 0 Å². The van der Waals surface area contributed by atoms with Gasteiger partial charge in [-0.2, -0.15) is 8.78 Å². The number of hydrogen-bond donors (Lipinski definition) is 0. The zero-order valence-electron chi connectivity index (χ0n) is 6.84. The summed E-state index contributed by atoms with van der Waals surface area (Å²) in [6.45, 7) is 0. The van der Waals surface area contributed by atoms with Gasteiger partial charge in [0.1, 0.15) is 0 Å². The minimum atomic E-state index is -2.33. The molecule has 72 valence electrons. The Hall–Kier alpha value is -0.0900. The van der Waals surface area contributed by atoms with Crippen molar-refractivity contribution in [2.45, 2.75) is 17.1 Å². The second kappa shape index (κ2) is 5.60. The molecule has 1 aromatic rings. The van der Waals surface area contributed by atoms with Crippen molar-refractivity contribution >= 4 is 27.7 Å². The molecule has 0 saturated heterocycles. The highest BCUT2D eigenvalue weighted by Crippen LogP contribution is 2.25. The van der Waals surface area contributed by atoms with Gasteiger partial charge in [0.25, 0.3) is 5.76 Å². The molecular weight excluding hydrogens is 258 g/mol. The molecule has 0 nitrogen and oxygen atoms in total. The molecule has 0 fully saturated rings. The fraction of sp³-hybridized carbons (Fsp3) is 0.333. The summed E-state index contributed by atoms with van der Waals surface area (Å²) < 4.78 is 23.8. The standard InChI is InChI=1S/C9H9BrF2S/c10-6-5-7-1-3-8(4-2-7)13-9(11)12/h1-4,9H,5-6H2. The molecule has 0 aromatic heterocycles. The van der Waals surface area contributed by atoms with Gasteiger partial charge in [0.2, 0.25) is 0 Å². The van der Waals surface area contributed by atoms with Crippen LogP contribution in [-0.4, -0.2) is 11.1 Å². The first kappa shape index (κ1) is 11.0. The Morgan fingerprint density at radius 1 is 1.23 bits per heavy atom. The van der Waals surface area contributed by atoms with Crippen LogP contribution in [0.5, 0.6) is 0 Å². The highest BCUT2D eigenvalue weighted by Gasteiger charge is 2.04. The van der Waals surface area contributed by atoms with Crippen LogP contribution in [0.25, 0.3) is 0 Å². The summed E-state index contributed by atoms with van der Waals surface area (Å²) in [7, 11) is 0. The Labute approximate surface area is 88.8 Å². The summed E-state index contributed by atoms with van der Waals surface area (Å²) in [5.41, 5.74) is 1.16. The van der Waals surface area contributed by atoms with Crippen molar-refractivity contribution in [2.75, 3.05) is 5.33 Å². The van der Waals surface area contributed by atoms with E-state index in [1.807, 2.05) is 12.1 Å². The summed E-state index contributed by atoms with van der Waals surface area (Å²) in [4.78, 5) is 0.619. The first-order valence-corrected chi connectivity index (χ1v) is 5.82. The second-order valence-electron chi connectivity index (χ2n) is 2.46. The van der Waals surface area contributed by atoms with Gasteiger partial charge >= 0.3 is 0 Å². The lowest BCUT2D eigenvalue weighted by Crippen LogP contribution is -1.86. The van der Waals surface area contributed by atoms with Crippen LogP contribution in [0.3, 0.4) is 0 Å². The number of halogens is 3. The van der Waals surface area contributed by atoms with E-state index in [9.17, 15) is 8.78 Å². The van der Waals surface area contributed by atoms with Crippen LogP contribution < -0.4 is 0 Å². The van der Waals surface area contributed by atoms with E-state index in [1.54, 1.807) is 12.1 Å². The maximum atomic E-state index is 11.9. The molecule has 1 aromatic carbocycles. The number of alkyl halides is 3. The fourth-order valence-corrected chi connectivity index (χ4v) is 1.90. The lowest BCUT2D eigenvalue weighted by atomic mass is 10.2. The smallest absolute Gasteiger partial charge is 0.198 e. The molecule has 0 atom stereocenters. The number of aryl methyl sites for hydroxylation is 1. The van der Waals surface area contributed by atoms with E-state index in [0.717, 1.165) is 17.3 Å². The summed E-state index contributed by atoms with van der Waals surface area (Å²) in [6.07, 6.45) is 0.930. The van der Waals surface area contributed by atoms with Crippen molar-refractivity contribution < 1.29 is 8.78 Å². The largest absolute Gasteiger partial charge is 0.288 e. The molecule has 0 aliphatic rings. The van der Waals surface area contributed by atoms with E-state index in [-0.39, 0.29) is 0 Å². The van der Waals surface area contributed by atoms with Gasteiger partial charge in [-0.15, -0.1) is 0 Å². The summed E-state index contributed by atoms with van der Waals surface area (Å²) in [6, 6.07) is 7.22. The summed E-state index contributed by atoms with van der Waals surface area (Å²) >= 11 is 3.90. The Balaban J connectivity index is 2.59. The van der Waals surface area contributed by atoms with Crippen molar-refractivity contribution in [3.63, 3.8) is 0 Å². The lowest BCUT2D eigenvalue weighted by molar-refractivity contribution is 0.252. The van der Waals surface area contributed by atoms with E-state index in [2.05, 4.69) is 15.9 Å². The van der Waals surface area contributed by atoms with Crippen molar-refractivity contribution in [3.8, 4) is 0 Å². The lowest BCUT2D eigenvalue weighted by Gasteiger charge is -2.01. The van der Waals surface area contributed by atoms with Crippen LogP contribution in [0.15, 0.2) is 29.2 Å². The maximum absolute atomic E-state index is 11.9. The highest BCUT2D eigenvalue weighted by atomic mass is 79.9. The molecule has 0 N–H and O–H groups in total. The zero-order chi connectivity index (χ0) is 9.68. The quantitative estimate of drug-likeness (QED) is 0.588. The monoisotopic (exact) mass is 266 g/mol. The molecule has 0 unspecified atom stereocenters. The third kappa shape index (κ3) is 4.09. The van der Waals surface area contributed by atoms with Crippen molar-refractivity contribution in [2.24, 2.45) is 0 Å². The third-order valence-corrected chi connectivity index (χ3v) is 2.65. The molecule has 0 radical (unpaired) electrons. The molecule has 0 amide bonds. The molecule has 0 aliphatic heterocycles. The Bertz CT molecular complexity index is 248. The molecule has 0 aliphatic carbocycles. The minimum absolute atomic E-state index is 0.580. The van der Waals surface area contributed by atoms with Crippen LogP contribution >= 0.6 is 27.7 Å². The second-order valence-corrected chi connectivity index (χ2v) is 4.32. The summed E-state index contributed by atoms with van der Waals surface area (Å²) in [5, 5.41) is 0.897. The van der Waals surface area contributed by atoms with Crippen molar-refractivity contribution in [1.29, 1.82) is 0 Å². The average Bonchev–Trinajstić information content (AvgIpc) is 2.08. The molecule has 13 heavy (non-hydrogen) atoms. The maximum Gasteiger partial charge on any atom is 0.288 e. The van der Waals surface area contributed by atoms with Crippen LogP contribution in [0.1, 0.15) is 5.56 Å². The fourth-order valence-electron chi connectivity index (χ4n) is 0.947. The molecule has 0 saturated carbocycles. The van der Waals surface area contributed by atoms with Gasteiger partial charge in [0.15, 0.2) is 0 Å². The topological polar surface area (TPSA) is 0 Å². The van der Waals surface area contributed by atoms with Gasteiger partial charge in [-0.05, 0) is 24.1 Å². The average molecular weight is 267 g/mol. The van der Waals surface area contributed by atoms with Gasteiger partial charge in [0.05, 0.1) is 0 Å². The number of thioether (sulfide) groups is 1. The van der Waals surface area contributed by atoms with E-state index in [0.29, 0.717) is 16.7 Å². The van der Waals surface area contributed by atoms with Crippen molar-refractivity contribution in [1.82, 2.24) is 0 Å². The highest BCUT2D eigenvalue weighted by molar-refractivity contribution is 9.09. The van der Waals surface area contributed by atoms with Crippen LogP contribution in [0, 0.1) is 0 Å². The predicted octanol–water partition coefficient (Wildman–Crippen LogP) is 3.94. The first-order chi connectivity index (χ1) is 6.22. The first-order valence-electron chi connectivity index (χ1n) is 3.82. The van der Waals surface area contributed by atoms with Crippen LogP contribution in [0.4, 0.5) is 8.78 Å². The van der Waals surface area contributed by atoms with Gasteiger partial charge in [-0.3, -0.25) is 0 Å². The molecule has 4 heteroatoms. The van der Waals surface area contributed by atoms with Crippen LogP contribution in [0.2, 0.25) is 0 Å². The van der Waals surface area contributed by atoms with Crippen molar-refractivity contribution in [3.05, 3.63) is 29.8 Å². The SMILES string of the molecule is FC(F)Sc1ccc(CCBr)cc1. The molecule has 0 bridgehead atoms.